The molecule has 0 spiro atoms. The molecule has 172 valence electrons. The van der Waals surface area contributed by atoms with Gasteiger partial charge in [-0.3, -0.25) is 9.59 Å². The molecule has 1 aliphatic rings. The van der Waals surface area contributed by atoms with Crippen LogP contribution in [-0.2, 0) is 16.0 Å². The number of benzene rings is 2. The van der Waals surface area contributed by atoms with Crippen LogP contribution < -0.4 is 15.4 Å². The Balaban J connectivity index is 1.26. The SMILES string of the molecule is O=C(Cc1cc2ccccc2s1)Nc1cc(F)c(Oc2ccnc(NC(=O)C3CC3)c2)cc1F. The van der Waals surface area contributed by atoms with E-state index in [0.29, 0.717) is 0 Å². The van der Waals surface area contributed by atoms with Crippen molar-refractivity contribution in [1.82, 2.24) is 4.98 Å². The van der Waals surface area contributed by atoms with Gasteiger partial charge in [0.25, 0.3) is 0 Å². The largest absolute Gasteiger partial charge is 0.454 e. The molecule has 2 aromatic carbocycles. The Kier molecular flexibility index (Phi) is 5.93. The van der Waals surface area contributed by atoms with Crippen molar-refractivity contribution in [2.75, 3.05) is 10.6 Å². The Hall–Kier alpha value is -3.85. The maximum atomic E-state index is 14.6. The first kappa shape index (κ1) is 22.0. The van der Waals surface area contributed by atoms with Gasteiger partial charge in [0.1, 0.15) is 11.6 Å². The first-order valence-electron chi connectivity index (χ1n) is 10.7. The van der Waals surface area contributed by atoms with E-state index in [1.165, 1.54) is 29.7 Å². The second-order valence-corrected chi connectivity index (χ2v) is 9.15. The van der Waals surface area contributed by atoms with Crippen molar-refractivity contribution in [1.29, 1.82) is 0 Å². The first-order valence-corrected chi connectivity index (χ1v) is 11.5. The summed E-state index contributed by atoms with van der Waals surface area (Å²) in [4.78, 5) is 29.2. The Morgan fingerprint density at radius 2 is 1.85 bits per heavy atom. The molecule has 0 unspecified atom stereocenters. The molecule has 1 saturated carbocycles. The van der Waals surface area contributed by atoms with Crippen LogP contribution in [0.1, 0.15) is 17.7 Å². The topological polar surface area (TPSA) is 80.3 Å². The highest BCUT2D eigenvalue weighted by Gasteiger charge is 2.29. The number of anilines is 2. The van der Waals surface area contributed by atoms with Crippen molar-refractivity contribution in [3.05, 3.63) is 77.3 Å². The summed E-state index contributed by atoms with van der Waals surface area (Å²) in [5, 5.41) is 6.12. The average molecular weight is 480 g/mol. The van der Waals surface area contributed by atoms with E-state index in [0.717, 1.165) is 39.9 Å². The van der Waals surface area contributed by atoms with Crippen LogP contribution in [0.25, 0.3) is 10.1 Å². The summed E-state index contributed by atoms with van der Waals surface area (Å²) < 4.78 is 35.8. The van der Waals surface area contributed by atoms with Gasteiger partial charge in [-0.25, -0.2) is 13.8 Å². The molecule has 0 aliphatic heterocycles. The number of pyridine rings is 1. The molecule has 0 saturated heterocycles. The van der Waals surface area contributed by atoms with Crippen LogP contribution in [0.15, 0.2) is 60.8 Å². The van der Waals surface area contributed by atoms with Gasteiger partial charge in [-0.05, 0) is 36.4 Å². The van der Waals surface area contributed by atoms with Crippen molar-refractivity contribution in [2.45, 2.75) is 19.3 Å². The van der Waals surface area contributed by atoms with Crippen molar-refractivity contribution in [3.63, 3.8) is 0 Å². The summed E-state index contributed by atoms with van der Waals surface area (Å²) in [6.07, 6.45) is 3.14. The molecule has 0 atom stereocenters. The lowest BCUT2D eigenvalue weighted by atomic mass is 10.2. The molecule has 34 heavy (non-hydrogen) atoms. The fourth-order valence-electron chi connectivity index (χ4n) is 3.42. The van der Waals surface area contributed by atoms with Crippen LogP contribution in [0.2, 0.25) is 0 Å². The van der Waals surface area contributed by atoms with Crippen molar-refractivity contribution >= 4 is 44.7 Å². The number of nitrogens with one attached hydrogen (secondary N) is 2. The molecular weight excluding hydrogens is 460 g/mol. The predicted molar refractivity (Wildman–Crippen MR) is 126 cm³/mol. The Bertz CT molecular complexity index is 1370. The monoisotopic (exact) mass is 479 g/mol. The summed E-state index contributed by atoms with van der Waals surface area (Å²) in [5.41, 5.74) is -0.275. The van der Waals surface area contributed by atoms with E-state index < -0.39 is 17.5 Å². The van der Waals surface area contributed by atoms with Crippen molar-refractivity contribution in [3.8, 4) is 11.5 Å². The van der Waals surface area contributed by atoms with Gasteiger partial charge in [-0.1, -0.05) is 18.2 Å². The summed E-state index contributed by atoms with van der Waals surface area (Å²) in [6, 6.07) is 14.3. The average Bonchev–Trinajstić information content (AvgIpc) is 3.57. The van der Waals surface area contributed by atoms with Crippen molar-refractivity contribution < 1.29 is 23.1 Å². The van der Waals surface area contributed by atoms with Crippen LogP contribution in [-0.4, -0.2) is 16.8 Å². The van der Waals surface area contributed by atoms with E-state index in [-0.39, 0.29) is 41.3 Å². The van der Waals surface area contributed by atoms with Crippen LogP contribution in [0, 0.1) is 17.6 Å². The summed E-state index contributed by atoms with van der Waals surface area (Å²) in [7, 11) is 0. The Morgan fingerprint density at radius 1 is 1.03 bits per heavy atom. The van der Waals surface area contributed by atoms with Crippen LogP contribution in [0.4, 0.5) is 20.3 Å². The molecule has 6 nitrogen and oxygen atoms in total. The standard InChI is InChI=1S/C25H19F2N3O3S/c26-18-13-21(33-16-7-8-28-23(10-16)30-25(32)14-5-6-14)19(27)12-20(18)29-24(31)11-17-9-15-3-1-2-4-22(15)34-17/h1-4,7-10,12-14H,5-6,11H2,(H,29,31)(H,28,30,32). The number of nitrogens with zero attached hydrogens (tertiary/aromatic N) is 1. The summed E-state index contributed by atoms with van der Waals surface area (Å²) >= 11 is 1.48. The number of aromatic nitrogens is 1. The number of amides is 2. The van der Waals surface area contributed by atoms with E-state index in [2.05, 4.69) is 15.6 Å². The minimum Gasteiger partial charge on any atom is -0.454 e. The molecule has 2 aromatic heterocycles. The van der Waals surface area contributed by atoms with E-state index in [9.17, 15) is 18.4 Å². The highest BCUT2D eigenvalue weighted by Crippen LogP contribution is 2.32. The van der Waals surface area contributed by atoms with Gasteiger partial charge >= 0.3 is 0 Å². The van der Waals surface area contributed by atoms with E-state index >= 15 is 0 Å². The van der Waals surface area contributed by atoms with Gasteiger partial charge in [0.2, 0.25) is 11.8 Å². The number of fused-ring (bicyclic) bond motifs is 1. The number of carbonyl (C=O) groups is 2. The number of hydrogen-bond donors (Lipinski definition) is 2. The Morgan fingerprint density at radius 3 is 2.65 bits per heavy atom. The zero-order chi connectivity index (χ0) is 23.7. The highest BCUT2D eigenvalue weighted by atomic mass is 32.1. The number of carbonyl (C=O) groups excluding carboxylic acids is 2. The zero-order valence-corrected chi connectivity index (χ0v) is 18.6. The summed E-state index contributed by atoms with van der Waals surface area (Å²) in [5.74, 6) is -2.18. The van der Waals surface area contributed by atoms with E-state index in [1.807, 2.05) is 30.3 Å². The lowest BCUT2D eigenvalue weighted by molar-refractivity contribution is -0.117. The second kappa shape index (κ2) is 9.18. The van der Waals surface area contributed by atoms with Crippen molar-refractivity contribution in [2.24, 2.45) is 5.92 Å². The van der Waals surface area contributed by atoms with Gasteiger partial charge in [0.15, 0.2) is 17.4 Å². The third-order valence-corrected chi connectivity index (χ3v) is 6.38. The molecule has 5 rings (SSSR count). The van der Waals surface area contributed by atoms with Crippen LogP contribution >= 0.6 is 11.3 Å². The van der Waals surface area contributed by atoms with Gasteiger partial charge in [0.05, 0.1) is 12.1 Å². The Labute approximate surface area is 197 Å². The van der Waals surface area contributed by atoms with E-state index in [4.69, 9.17) is 4.74 Å². The normalized spacial score (nSPS) is 13.0. The third-order valence-electron chi connectivity index (χ3n) is 5.27. The molecular formula is C25H19F2N3O3S. The number of halogens is 2. The summed E-state index contributed by atoms with van der Waals surface area (Å²) in [6.45, 7) is 0. The maximum absolute atomic E-state index is 14.6. The van der Waals surface area contributed by atoms with E-state index in [1.54, 1.807) is 0 Å². The number of ether oxygens (including phenoxy) is 1. The smallest absolute Gasteiger partial charge is 0.229 e. The molecule has 2 N–H and O–H groups in total. The number of thiophene rings is 1. The lowest BCUT2D eigenvalue weighted by Gasteiger charge is -2.11. The van der Waals surface area contributed by atoms with Crippen LogP contribution in [0.5, 0.6) is 11.5 Å². The highest BCUT2D eigenvalue weighted by molar-refractivity contribution is 7.19. The third kappa shape index (κ3) is 5.04. The molecule has 2 amide bonds. The van der Waals surface area contributed by atoms with Gasteiger partial charge in [-0.15, -0.1) is 11.3 Å². The number of rotatable bonds is 7. The van der Waals surface area contributed by atoms with Crippen LogP contribution in [0.3, 0.4) is 0 Å². The fourth-order valence-corrected chi connectivity index (χ4v) is 4.49. The molecule has 2 heterocycles. The fraction of sp³-hybridized carbons (Fsp3) is 0.160. The molecule has 4 aromatic rings. The molecule has 0 bridgehead atoms. The van der Waals surface area contributed by atoms with Gasteiger partial charge < -0.3 is 15.4 Å². The quantitative estimate of drug-likeness (QED) is 0.346. The zero-order valence-electron chi connectivity index (χ0n) is 17.8. The van der Waals surface area contributed by atoms with Gasteiger partial charge in [-0.2, -0.15) is 0 Å². The maximum Gasteiger partial charge on any atom is 0.229 e. The molecule has 0 radical (unpaired) electrons. The minimum absolute atomic E-state index is 0.000422. The molecule has 9 heteroatoms. The first-order chi connectivity index (χ1) is 16.4. The molecule has 1 aliphatic carbocycles. The molecule has 1 fully saturated rings. The number of hydrogen-bond acceptors (Lipinski definition) is 5. The predicted octanol–water partition coefficient (Wildman–Crippen LogP) is 5.90. The second-order valence-electron chi connectivity index (χ2n) is 7.98. The van der Waals surface area contributed by atoms with Gasteiger partial charge in [0, 0.05) is 39.9 Å². The lowest BCUT2D eigenvalue weighted by Crippen LogP contribution is -2.15. The minimum atomic E-state index is -0.848.